The fourth-order valence-corrected chi connectivity index (χ4v) is 7.63. The Balaban J connectivity index is 0.000000229. The zero-order chi connectivity index (χ0) is 34.1. The summed E-state index contributed by atoms with van der Waals surface area (Å²) in [7, 11) is -1.34. The van der Waals surface area contributed by atoms with Gasteiger partial charge in [0.1, 0.15) is 0 Å². The van der Waals surface area contributed by atoms with E-state index in [2.05, 4.69) is 156 Å². The van der Waals surface area contributed by atoms with Crippen molar-refractivity contribution in [2.24, 2.45) is 11.8 Å². The maximum Gasteiger partial charge on any atom is 0.0798 e. The van der Waals surface area contributed by atoms with Crippen molar-refractivity contribution in [2.45, 2.75) is 60.2 Å². The van der Waals surface area contributed by atoms with Crippen molar-refractivity contribution >= 4 is 13.3 Å². The average molecular weight is 837 g/mol. The topological polar surface area (TPSA) is 25.8 Å². The maximum atomic E-state index is 4.80. The normalized spacial score (nSPS) is 11.1. The van der Waals surface area contributed by atoms with Crippen molar-refractivity contribution in [2.75, 3.05) is 0 Å². The number of hydrogen-bond donors (Lipinski definition) is 0. The van der Waals surface area contributed by atoms with Gasteiger partial charge in [-0.1, -0.05) is 126 Å². The molecule has 0 saturated heterocycles. The van der Waals surface area contributed by atoms with E-state index in [4.69, 9.17) is 4.98 Å². The van der Waals surface area contributed by atoms with Gasteiger partial charge in [0.15, 0.2) is 0 Å². The number of benzene rings is 4. The fraction of sp³-hybridized carbons (Fsp3) is 0.244. The van der Waals surface area contributed by atoms with Gasteiger partial charge < -0.3 is 9.97 Å². The van der Waals surface area contributed by atoms with Crippen LogP contribution in [0.3, 0.4) is 0 Å². The van der Waals surface area contributed by atoms with Gasteiger partial charge in [-0.15, -0.1) is 71.3 Å². The van der Waals surface area contributed by atoms with Gasteiger partial charge in [0, 0.05) is 38.1 Å². The molecule has 1 radical (unpaired) electrons. The minimum atomic E-state index is -1.34. The van der Waals surface area contributed by atoms with Gasteiger partial charge >= 0.3 is 0 Å². The summed E-state index contributed by atoms with van der Waals surface area (Å²) in [5.41, 5.74) is 11.8. The van der Waals surface area contributed by atoms with Crippen LogP contribution in [0.5, 0.6) is 0 Å². The summed E-state index contributed by atoms with van der Waals surface area (Å²) >= 11 is 0. The summed E-state index contributed by atoms with van der Waals surface area (Å²) in [5, 5.41) is 1.49. The molecule has 6 rings (SSSR count). The molecule has 253 valence electrons. The largest absolute Gasteiger partial charge is 0.305 e. The number of nitrogens with zero attached hydrogens (tertiary/aromatic N) is 2. The zero-order valence-electron chi connectivity index (χ0n) is 29.9. The quantitative estimate of drug-likeness (QED) is 0.107. The molecule has 0 aliphatic heterocycles. The van der Waals surface area contributed by atoms with E-state index in [1.54, 1.807) is 0 Å². The molecule has 0 amide bonds. The van der Waals surface area contributed by atoms with Crippen LogP contribution in [0, 0.1) is 24.0 Å². The van der Waals surface area contributed by atoms with Crippen LogP contribution in [0.2, 0.25) is 19.6 Å². The first-order valence-electron chi connectivity index (χ1n) is 17.2. The second kappa shape index (κ2) is 17.6. The first kappa shape index (κ1) is 37.9. The van der Waals surface area contributed by atoms with E-state index < -0.39 is 8.07 Å². The Hall–Kier alpha value is -3.95. The van der Waals surface area contributed by atoms with Crippen LogP contribution >= 0.6 is 0 Å². The summed E-state index contributed by atoms with van der Waals surface area (Å²) in [6, 6.07) is 46.5. The van der Waals surface area contributed by atoms with Crippen molar-refractivity contribution in [1.82, 2.24) is 9.97 Å². The molecule has 0 aliphatic rings. The smallest absolute Gasteiger partial charge is 0.0798 e. The maximum absolute atomic E-state index is 4.80. The monoisotopic (exact) mass is 837 g/mol. The zero-order valence-corrected chi connectivity index (χ0v) is 33.3. The molecule has 0 bridgehead atoms. The van der Waals surface area contributed by atoms with Crippen molar-refractivity contribution in [3.8, 4) is 44.8 Å². The van der Waals surface area contributed by atoms with Gasteiger partial charge in [-0.2, -0.15) is 0 Å². The Morgan fingerprint density at radius 3 is 1.71 bits per heavy atom. The predicted octanol–water partition coefficient (Wildman–Crippen LogP) is 11.4. The molecule has 0 spiro atoms. The molecule has 4 aromatic carbocycles. The second-order valence-corrected chi connectivity index (χ2v) is 19.4. The summed E-state index contributed by atoms with van der Waals surface area (Å²) in [4.78, 5) is 9.48. The SMILES string of the molecule is CC(C)Cc1cc(-c2[c-]ccc(-c3ccccc3)c2)ncc1-c1ccccc1.CC(C)Cc1cc(-c2[c-]cccc2)ncc1[Si](C)(C)C.[Ir]. The van der Waals surface area contributed by atoms with Gasteiger partial charge in [0.25, 0.3) is 0 Å². The molecule has 0 saturated carbocycles. The molecule has 0 fully saturated rings. The standard InChI is InChI=1S/C27H24N.C18H24NSi.Ir/c1-20(2)16-25-18-27(28-19-26(25)22-12-7-4-8-13-22)24-15-9-14-23(17-24)21-10-5-3-6-11-21;1-14(2)11-16-12-17(15-9-7-6-8-10-15)19-13-18(16)20(3,4)5;/h3-14,17-20H,16H2,1-2H3;6-9,12-14H,11H2,1-5H3;/q2*-1;. The first-order valence-corrected chi connectivity index (χ1v) is 20.7. The Morgan fingerprint density at radius 2 is 1.10 bits per heavy atom. The van der Waals surface area contributed by atoms with Crippen LogP contribution in [0.1, 0.15) is 38.8 Å². The average Bonchev–Trinajstić information content (AvgIpc) is 3.09. The molecule has 0 atom stereocenters. The van der Waals surface area contributed by atoms with Gasteiger partial charge in [-0.05, 0) is 57.9 Å². The van der Waals surface area contributed by atoms with Crippen molar-refractivity contribution in [3.63, 3.8) is 0 Å². The summed E-state index contributed by atoms with van der Waals surface area (Å²) in [5.74, 6) is 1.25. The van der Waals surface area contributed by atoms with Crippen LogP contribution in [0.4, 0.5) is 0 Å². The predicted molar refractivity (Wildman–Crippen MR) is 208 cm³/mol. The minimum absolute atomic E-state index is 0. The molecule has 0 N–H and O–H groups in total. The van der Waals surface area contributed by atoms with Gasteiger partial charge in [-0.25, -0.2) is 0 Å². The number of hydrogen-bond acceptors (Lipinski definition) is 2. The fourth-order valence-electron chi connectivity index (χ4n) is 6.04. The molecule has 0 aliphatic carbocycles. The molecular formula is C45H48IrN2Si-2. The van der Waals surface area contributed by atoms with Crippen LogP contribution < -0.4 is 5.19 Å². The first-order chi connectivity index (χ1) is 23.1. The number of rotatable bonds is 9. The third-order valence-electron chi connectivity index (χ3n) is 8.30. The summed E-state index contributed by atoms with van der Waals surface area (Å²) < 4.78 is 0. The molecule has 49 heavy (non-hydrogen) atoms. The van der Waals surface area contributed by atoms with Crippen molar-refractivity contribution < 1.29 is 20.1 Å². The third-order valence-corrected chi connectivity index (χ3v) is 10.4. The van der Waals surface area contributed by atoms with E-state index >= 15 is 0 Å². The van der Waals surface area contributed by atoms with Crippen LogP contribution in [0.25, 0.3) is 44.8 Å². The van der Waals surface area contributed by atoms with Gasteiger partial charge in [-0.3, -0.25) is 0 Å². The van der Waals surface area contributed by atoms with E-state index in [0.717, 1.165) is 35.4 Å². The van der Waals surface area contributed by atoms with Crippen molar-refractivity contribution in [3.05, 3.63) is 151 Å². The molecule has 0 unspecified atom stereocenters. The molecular weight excluding hydrogens is 789 g/mol. The molecule has 2 heterocycles. The third kappa shape index (κ3) is 10.5. The minimum Gasteiger partial charge on any atom is -0.305 e. The van der Waals surface area contributed by atoms with E-state index in [0.29, 0.717) is 11.8 Å². The van der Waals surface area contributed by atoms with E-state index in [1.807, 2.05) is 36.5 Å². The number of pyridine rings is 2. The number of aromatic nitrogens is 2. The Bertz CT molecular complexity index is 1900. The Morgan fingerprint density at radius 1 is 0.551 bits per heavy atom. The Labute approximate surface area is 309 Å². The molecule has 2 nitrogen and oxygen atoms in total. The van der Waals surface area contributed by atoms with Crippen molar-refractivity contribution in [1.29, 1.82) is 0 Å². The van der Waals surface area contributed by atoms with E-state index in [9.17, 15) is 0 Å². The summed E-state index contributed by atoms with van der Waals surface area (Å²) in [6.45, 7) is 16.3. The summed E-state index contributed by atoms with van der Waals surface area (Å²) in [6.07, 6.45) is 6.28. The van der Waals surface area contributed by atoms with E-state index in [1.165, 1.54) is 38.6 Å². The van der Waals surface area contributed by atoms with Crippen LogP contribution in [0.15, 0.2) is 128 Å². The van der Waals surface area contributed by atoms with Crippen LogP contribution in [-0.4, -0.2) is 18.0 Å². The van der Waals surface area contributed by atoms with E-state index in [-0.39, 0.29) is 20.1 Å². The molecule has 2 aromatic heterocycles. The molecule has 6 aromatic rings. The molecule has 4 heteroatoms. The van der Waals surface area contributed by atoms with Gasteiger partial charge in [0.05, 0.1) is 8.07 Å². The second-order valence-electron chi connectivity index (χ2n) is 14.4. The van der Waals surface area contributed by atoms with Gasteiger partial charge in [0.2, 0.25) is 0 Å². The van der Waals surface area contributed by atoms with Crippen LogP contribution in [-0.2, 0) is 32.9 Å². The Kier molecular flexibility index (Phi) is 13.6.